The number of carboxylic acid groups (broad SMARTS) is 1. The number of carbonyl (C=O) groups is 6. The topological polar surface area (TPSA) is 341 Å². The number of unbranched alkanes of at least 4 members (excludes halogenated alkanes) is 3. The molecule has 12 N–H and O–H groups in total. The van der Waals surface area contributed by atoms with Crippen LogP contribution >= 0.6 is 0 Å². The Morgan fingerprint density at radius 1 is 0.586 bits per heavy atom. The summed E-state index contributed by atoms with van der Waals surface area (Å²) in [5.74, 6) is -3.12. The molecule has 2 fully saturated rings. The van der Waals surface area contributed by atoms with E-state index in [0.29, 0.717) is 45.1 Å². The van der Waals surface area contributed by atoms with Crippen LogP contribution in [-0.4, -0.2) is 178 Å². The molecule has 22 heteroatoms. The number of rotatable bonds is 27. The molecule has 0 aliphatic carbocycles. The standard InChI is InChI=1S/C36H63N5O17/c1-20(44)39-28-32(51)30(49)23(18-42)57-35(28)55-16-7-4-11-25(46)37-14-6-3-10-22(34(53)54)41-27(48)13-9-15-38-26(47)12-5-8-17-56-36-29(40-21(2)45)33(52)31(50)24(19-43)58-36/h22-24,28-33,35-36,42-43,49-52H,3-19H2,1-2H3,(H,37,46)(H,38,47)(H,39,44)(H,40,45)(H,41,48)(H,53,54)/t22-,23+,24+,28+,29+,30-,31-,32+,33+,35+,36+/m0/s1. The SMILES string of the molecule is CC(=O)N[C@H]1[C@H](OCCCCC(=O)NCCCC[C@H](NC(=O)CCCNC(=O)CCCCO[C@@H]2O[C@H](CO)[C@H](O)[C@H](O)[C@H]2NC(C)=O)C(=O)O)O[C@H](CO)[C@H](O)[C@@H]1O. The van der Waals surface area contributed by atoms with Crippen LogP contribution in [0.2, 0.25) is 0 Å². The van der Waals surface area contributed by atoms with Gasteiger partial charge in [-0.2, -0.15) is 0 Å². The Morgan fingerprint density at radius 3 is 1.43 bits per heavy atom. The van der Waals surface area contributed by atoms with E-state index in [4.69, 9.17) is 18.9 Å². The summed E-state index contributed by atoms with van der Waals surface area (Å²) in [6.07, 6.45) is -6.80. The minimum Gasteiger partial charge on any atom is -0.480 e. The maximum absolute atomic E-state index is 12.4. The summed E-state index contributed by atoms with van der Waals surface area (Å²) in [6, 6.07) is -3.23. The van der Waals surface area contributed by atoms with Gasteiger partial charge in [-0.25, -0.2) is 4.79 Å². The van der Waals surface area contributed by atoms with E-state index in [2.05, 4.69) is 26.6 Å². The van der Waals surface area contributed by atoms with Crippen LogP contribution in [0.4, 0.5) is 0 Å². The van der Waals surface area contributed by atoms with E-state index in [1.165, 1.54) is 13.8 Å². The Bertz CT molecular complexity index is 1300. The minimum atomic E-state index is -1.43. The lowest BCUT2D eigenvalue weighted by Gasteiger charge is -2.42. The summed E-state index contributed by atoms with van der Waals surface area (Å²) < 4.78 is 22.2. The fourth-order valence-corrected chi connectivity index (χ4v) is 6.28. The van der Waals surface area contributed by atoms with Gasteiger partial charge in [0.2, 0.25) is 29.5 Å². The molecule has 11 atom stereocenters. The average Bonchev–Trinajstić information content (AvgIpc) is 3.17. The van der Waals surface area contributed by atoms with E-state index in [1.807, 2.05) is 0 Å². The van der Waals surface area contributed by atoms with E-state index in [0.717, 1.165) is 0 Å². The van der Waals surface area contributed by atoms with E-state index in [9.17, 15) is 64.5 Å². The summed E-state index contributed by atoms with van der Waals surface area (Å²) in [7, 11) is 0. The van der Waals surface area contributed by atoms with Crippen molar-refractivity contribution in [1.29, 1.82) is 0 Å². The summed E-state index contributed by atoms with van der Waals surface area (Å²) in [5.41, 5.74) is 0. The van der Waals surface area contributed by atoms with E-state index < -0.39 is 104 Å². The molecular weight excluding hydrogens is 774 g/mol. The number of amides is 5. The molecule has 0 unspecified atom stereocenters. The maximum atomic E-state index is 12.4. The summed E-state index contributed by atoms with van der Waals surface area (Å²) >= 11 is 0. The van der Waals surface area contributed by atoms with Gasteiger partial charge < -0.3 is 81.3 Å². The molecule has 0 aromatic rings. The molecule has 0 radical (unpaired) electrons. The number of ether oxygens (including phenoxy) is 4. The van der Waals surface area contributed by atoms with Gasteiger partial charge in [-0.1, -0.05) is 0 Å². The third-order valence-electron chi connectivity index (χ3n) is 9.44. The number of aliphatic hydroxyl groups is 6. The summed E-state index contributed by atoms with van der Waals surface area (Å²) in [4.78, 5) is 71.6. The second-order valence-electron chi connectivity index (χ2n) is 14.3. The fraction of sp³-hybridized carbons (Fsp3) is 0.833. The number of nitrogens with one attached hydrogen (secondary N) is 5. The van der Waals surface area contributed by atoms with Gasteiger partial charge in [0.15, 0.2) is 12.6 Å². The number of carbonyl (C=O) groups excluding carboxylic acids is 5. The Labute approximate surface area is 336 Å². The Balaban J connectivity index is 1.54. The monoisotopic (exact) mass is 837 g/mol. The third-order valence-corrected chi connectivity index (χ3v) is 9.44. The molecule has 0 aromatic heterocycles. The first-order chi connectivity index (χ1) is 27.6. The second-order valence-corrected chi connectivity index (χ2v) is 14.3. The first-order valence-electron chi connectivity index (χ1n) is 19.7. The van der Waals surface area contributed by atoms with Crippen LogP contribution in [0.3, 0.4) is 0 Å². The van der Waals surface area contributed by atoms with Gasteiger partial charge in [-0.05, 0) is 51.4 Å². The first-order valence-corrected chi connectivity index (χ1v) is 19.7. The Kier molecular flexibility index (Phi) is 23.7. The van der Waals surface area contributed by atoms with Gasteiger partial charge in [0.05, 0.1) is 13.2 Å². The highest BCUT2D eigenvalue weighted by Gasteiger charge is 2.46. The quantitative estimate of drug-likeness (QED) is 0.0351. The molecule has 58 heavy (non-hydrogen) atoms. The smallest absolute Gasteiger partial charge is 0.326 e. The van der Waals surface area contributed by atoms with Crippen LogP contribution in [0, 0.1) is 0 Å². The number of aliphatic hydroxyl groups excluding tert-OH is 6. The molecule has 2 heterocycles. The van der Waals surface area contributed by atoms with Crippen LogP contribution in [0.1, 0.15) is 84.5 Å². The van der Waals surface area contributed by atoms with Crippen molar-refractivity contribution >= 4 is 35.5 Å². The first kappa shape index (κ1) is 50.6. The highest BCUT2D eigenvalue weighted by molar-refractivity contribution is 5.83. The molecule has 2 saturated heterocycles. The highest BCUT2D eigenvalue weighted by atomic mass is 16.7. The fourth-order valence-electron chi connectivity index (χ4n) is 6.28. The lowest BCUT2D eigenvalue weighted by molar-refractivity contribution is -0.270. The zero-order chi connectivity index (χ0) is 43.2. The molecule has 5 amide bonds. The minimum absolute atomic E-state index is 0.0109. The van der Waals surface area contributed by atoms with Crippen molar-refractivity contribution in [2.75, 3.05) is 39.5 Å². The second kappa shape index (κ2) is 27.2. The zero-order valence-corrected chi connectivity index (χ0v) is 33.1. The summed E-state index contributed by atoms with van der Waals surface area (Å²) in [6.45, 7) is 2.03. The van der Waals surface area contributed by atoms with Crippen molar-refractivity contribution in [3.63, 3.8) is 0 Å². The predicted octanol–water partition coefficient (Wildman–Crippen LogP) is -4.00. The predicted molar refractivity (Wildman–Crippen MR) is 199 cm³/mol. The normalized spacial score (nSPS) is 27.5. The Hall–Kier alpha value is -3.58. The van der Waals surface area contributed by atoms with Gasteiger partial charge in [-0.15, -0.1) is 0 Å². The molecular formula is C36H63N5O17. The van der Waals surface area contributed by atoms with Crippen LogP contribution in [0.15, 0.2) is 0 Å². The van der Waals surface area contributed by atoms with Gasteiger partial charge >= 0.3 is 5.97 Å². The van der Waals surface area contributed by atoms with Crippen molar-refractivity contribution in [2.24, 2.45) is 0 Å². The maximum Gasteiger partial charge on any atom is 0.326 e. The van der Waals surface area contributed by atoms with Gasteiger partial charge in [0.25, 0.3) is 0 Å². The summed E-state index contributed by atoms with van der Waals surface area (Å²) in [5, 5.41) is 82.0. The lowest BCUT2D eigenvalue weighted by atomic mass is 9.97. The Morgan fingerprint density at radius 2 is 1.02 bits per heavy atom. The molecule has 0 spiro atoms. The lowest BCUT2D eigenvalue weighted by Crippen LogP contribution is -2.64. The van der Waals surface area contributed by atoms with Crippen molar-refractivity contribution in [3.05, 3.63) is 0 Å². The number of hydrogen-bond acceptors (Lipinski definition) is 16. The highest BCUT2D eigenvalue weighted by Crippen LogP contribution is 2.24. The molecule has 0 bridgehead atoms. The van der Waals surface area contributed by atoms with Crippen molar-refractivity contribution in [2.45, 2.75) is 152 Å². The molecule has 2 aliphatic rings. The molecule has 334 valence electrons. The van der Waals surface area contributed by atoms with Crippen molar-refractivity contribution < 1.29 is 83.5 Å². The van der Waals surface area contributed by atoms with Gasteiger partial charge in [0.1, 0.15) is 54.7 Å². The number of carboxylic acids is 1. The number of hydrogen-bond donors (Lipinski definition) is 12. The number of aliphatic carboxylic acids is 1. The van der Waals surface area contributed by atoms with Crippen LogP contribution in [0.25, 0.3) is 0 Å². The van der Waals surface area contributed by atoms with Gasteiger partial charge in [0, 0.05) is 59.4 Å². The molecule has 2 aliphatic heterocycles. The molecule has 0 aromatic carbocycles. The van der Waals surface area contributed by atoms with Crippen LogP contribution in [-0.2, 0) is 47.7 Å². The average molecular weight is 838 g/mol. The van der Waals surface area contributed by atoms with E-state index in [-0.39, 0.29) is 63.7 Å². The largest absolute Gasteiger partial charge is 0.480 e. The van der Waals surface area contributed by atoms with Crippen LogP contribution < -0.4 is 26.6 Å². The van der Waals surface area contributed by atoms with Gasteiger partial charge in [-0.3, -0.25) is 24.0 Å². The van der Waals surface area contributed by atoms with E-state index >= 15 is 0 Å². The molecule has 0 saturated carbocycles. The van der Waals surface area contributed by atoms with Crippen molar-refractivity contribution in [1.82, 2.24) is 26.6 Å². The van der Waals surface area contributed by atoms with Crippen LogP contribution in [0.5, 0.6) is 0 Å². The van der Waals surface area contributed by atoms with Crippen molar-refractivity contribution in [3.8, 4) is 0 Å². The molecule has 22 nitrogen and oxygen atoms in total. The zero-order valence-electron chi connectivity index (χ0n) is 33.1. The molecule has 2 rings (SSSR count). The third kappa shape index (κ3) is 18.1. The van der Waals surface area contributed by atoms with E-state index in [1.54, 1.807) is 0 Å².